The number of carbonyl (C=O) groups excluding carboxylic acids is 1. The summed E-state index contributed by atoms with van der Waals surface area (Å²) in [6, 6.07) is 2.04. The second-order valence-corrected chi connectivity index (χ2v) is 8.02. The smallest absolute Gasteiger partial charge is 0.410 e. The molecule has 1 unspecified atom stereocenters. The molecule has 3 heterocycles. The summed E-state index contributed by atoms with van der Waals surface area (Å²) < 4.78 is 12.8. The normalized spacial score (nSPS) is 17.3. The van der Waals surface area contributed by atoms with Crippen molar-refractivity contribution in [2.24, 2.45) is 0 Å². The Hall–Kier alpha value is -2.35. The van der Waals surface area contributed by atoms with Crippen LogP contribution in [-0.4, -0.2) is 71.4 Å². The van der Waals surface area contributed by atoms with Gasteiger partial charge in [0.05, 0.1) is 18.5 Å². The Morgan fingerprint density at radius 1 is 1.37 bits per heavy atom. The molecule has 8 heteroatoms. The van der Waals surface area contributed by atoms with Gasteiger partial charge in [-0.3, -0.25) is 4.40 Å². The van der Waals surface area contributed by atoms with Crippen molar-refractivity contribution in [3.8, 4) is 0 Å². The number of likely N-dealkylation sites (N-methyl/N-ethyl adjacent to an activating group) is 2. The van der Waals surface area contributed by atoms with Crippen LogP contribution in [0.2, 0.25) is 0 Å². The van der Waals surface area contributed by atoms with Crippen molar-refractivity contribution in [1.29, 1.82) is 0 Å². The summed E-state index contributed by atoms with van der Waals surface area (Å²) in [6.07, 6.45) is 4.50. The van der Waals surface area contributed by atoms with Crippen molar-refractivity contribution in [2.75, 3.05) is 45.3 Å². The average Bonchev–Trinajstić information content (AvgIpc) is 3.26. The Morgan fingerprint density at radius 2 is 2.15 bits per heavy atom. The number of fused-ring (bicyclic) bond motifs is 1. The van der Waals surface area contributed by atoms with Crippen molar-refractivity contribution in [3.63, 3.8) is 0 Å². The van der Waals surface area contributed by atoms with Gasteiger partial charge in [0.2, 0.25) is 5.78 Å². The quantitative estimate of drug-likeness (QED) is 0.800. The minimum atomic E-state index is -0.493. The maximum absolute atomic E-state index is 12.1. The number of carbonyl (C=O) groups is 1. The number of aromatic nitrogens is 3. The highest BCUT2D eigenvalue weighted by Gasteiger charge is 2.21. The molecule has 2 aromatic rings. The molecule has 0 saturated carbocycles. The van der Waals surface area contributed by atoms with Crippen LogP contribution in [0.3, 0.4) is 0 Å². The first-order valence-corrected chi connectivity index (χ1v) is 9.31. The maximum Gasteiger partial charge on any atom is 0.410 e. The Labute approximate surface area is 160 Å². The standard InChI is InChI=1S/C19H29N5O3/c1-19(2,3)27-18(25)23(5)10-9-22(4)16-12-20-17-21-15(6-8-24(16)17)14-7-11-26-13-14/h6,8,12,14H,7,9-11,13H2,1-5H3. The number of amides is 1. The van der Waals surface area contributed by atoms with Crippen LogP contribution >= 0.6 is 0 Å². The molecular weight excluding hydrogens is 346 g/mol. The summed E-state index contributed by atoms with van der Waals surface area (Å²) in [5.74, 6) is 1.97. The van der Waals surface area contributed by atoms with Gasteiger partial charge < -0.3 is 19.3 Å². The summed E-state index contributed by atoms with van der Waals surface area (Å²) in [5, 5.41) is 0. The Bertz CT molecular complexity index is 792. The molecule has 2 aromatic heterocycles. The van der Waals surface area contributed by atoms with E-state index >= 15 is 0 Å². The van der Waals surface area contributed by atoms with Crippen molar-refractivity contribution >= 4 is 17.7 Å². The highest BCUT2D eigenvalue weighted by atomic mass is 16.6. The van der Waals surface area contributed by atoms with E-state index in [-0.39, 0.29) is 6.09 Å². The van der Waals surface area contributed by atoms with E-state index in [1.165, 1.54) is 0 Å². The third kappa shape index (κ3) is 4.68. The van der Waals surface area contributed by atoms with Gasteiger partial charge in [-0.25, -0.2) is 14.8 Å². The van der Waals surface area contributed by atoms with Gasteiger partial charge >= 0.3 is 6.09 Å². The molecule has 1 fully saturated rings. The number of imidazole rings is 1. The van der Waals surface area contributed by atoms with Crippen molar-refractivity contribution in [3.05, 3.63) is 24.2 Å². The fraction of sp³-hybridized carbons (Fsp3) is 0.632. The van der Waals surface area contributed by atoms with E-state index in [0.29, 0.717) is 24.8 Å². The predicted octanol–water partition coefficient (Wildman–Crippen LogP) is 2.54. The first kappa shape index (κ1) is 19.4. The highest BCUT2D eigenvalue weighted by Crippen LogP contribution is 2.24. The van der Waals surface area contributed by atoms with E-state index in [4.69, 9.17) is 9.47 Å². The van der Waals surface area contributed by atoms with Gasteiger partial charge in [0.1, 0.15) is 11.4 Å². The lowest BCUT2D eigenvalue weighted by Crippen LogP contribution is -2.38. The van der Waals surface area contributed by atoms with Crippen LogP contribution in [0, 0.1) is 0 Å². The molecule has 0 N–H and O–H groups in total. The van der Waals surface area contributed by atoms with Crippen molar-refractivity contribution in [1.82, 2.24) is 19.3 Å². The van der Waals surface area contributed by atoms with E-state index < -0.39 is 5.60 Å². The molecule has 1 aliphatic heterocycles. The van der Waals surface area contributed by atoms with Crippen LogP contribution in [0.15, 0.2) is 18.5 Å². The first-order valence-electron chi connectivity index (χ1n) is 9.31. The highest BCUT2D eigenvalue weighted by molar-refractivity contribution is 5.67. The minimum Gasteiger partial charge on any atom is -0.444 e. The Morgan fingerprint density at radius 3 is 2.81 bits per heavy atom. The number of nitrogens with zero attached hydrogens (tertiary/aromatic N) is 5. The Kier molecular flexibility index (Phi) is 5.55. The van der Waals surface area contributed by atoms with E-state index in [2.05, 4.69) is 14.9 Å². The monoisotopic (exact) mass is 375 g/mol. The lowest BCUT2D eigenvalue weighted by molar-refractivity contribution is 0.0303. The van der Waals surface area contributed by atoms with Gasteiger partial charge in [-0.15, -0.1) is 0 Å². The molecule has 8 nitrogen and oxygen atoms in total. The van der Waals surface area contributed by atoms with Crippen LogP contribution < -0.4 is 4.90 Å². The van der Waals surface area contributed by atoms with Crippen molar-refractivity contribution < 1.29 is 14.3 Å². The molecular formula is C19H29N5O3. The van der Waals surface area contributed by atoms with Crippen LogP contribution in [0.25, 0.3) is 5.78 Å². The van der Waals surface area contributed by atoms with Crippen molar-refractivity contribution in [2.45, 2.75) is 38.7 Å². The third-order valence-electron chi connectivity index (χ3n) is 4.60. The zero-order chi connectivity index (χ0) is 19.6. The molecule has 27 heavy (non-hydrogen) atoms. The summed E-state index contributed by atoms with van der Waals surface area (Å²) in [5.41, 5.74) is 0.538. The number of ether oxygens (including phenoxy) is 2. The average molecular weight is 375 g/mol. The van der Waals surface area contributed by atoms with Gasteiger partial charge in [-0.2, -0.15) is 0 Å². The van der Waals surface area contributed by atoms with E-state index in [1.54, 1.807) is 11.9 Å². The van der Waals surface area contributed by atoms with E-state index in [0.717, 1.165) is 31.1 Å². The van der Waals surface area contributed by atoms with Crippen LogP contribution in [-0.2, 0) is 9.47 Å². The predicted molar refractivity (Wildman–Crippen MR) is 103 cm³/mol. The Balaban J connectivity index is 1.63. The molecule has 0 bridgehead atoms. The third-order valence-corrected chi connectivity index (χ3v) is 4.60. The van der Waals surface area contributed by atoms with Crippen LogP contribution in [0.4, 0.5) is 10.6 Å². The van der Waals surface area contributed by atoms with Crippen LogP contribution in [0.1, 0.15) is 38.8 Å². The molecule has 0 aromatic carbocycles. The summed E-state index contributed by atoms with van der Waals surface area (Å²) in [4.78, 5) is 24.9. The number of hydrogen-bond donors (Lipinski definition) is 0. The lowest BCUT2D eigenvalue weighted by Gasteiger charge is -2.26. The zero-order valence-electron chi connectivity index (χ0n) is 16.8. The largest absolute Gasteiger partial charge is 0.444 e. The van der Waals surface area contributed by atoms with Gasteiger partial charge in [0, 0.05) is 45.9 Å². The molecule has 0 spiro atoms. The summed E-state index contributed by atoms with van der Waals surface area (Å²) >= 11 is 0. The zero-order valence-corrected chi connectivity index (χ0v) is 16.8. The summed E-state index contributed by atoms with van der Waals surface area (Å²) in [7, 11) is 3.72. The molecule has 1 atom stereocenters. The number of rotatable bonds is 5. The fourth-order valence-corrected chi connectivity index (χ4v) is 3.00. The molecule has 0 radical (unpaired) electrons. The van der Waals surface area contributed by atoms with Gasteiger partial charge in [0.25, 0.3) is 0 Å². The molecule has 3 rings (SSSR count). The van der Waals surface area contributed by atoms with Gasteiger partial charge in [-0.1, -0.05) is 0 Å². The molecule has 1 saturated heterocycles. The molecule has 1 aliphatic rings. The fourth-order valence-electron chi connectivity index (χ4n) is 3.00. The molecule has 1 amide bonds. The van der Waals surface area contributed by atoms with E-state index in [9.17, 15) is 4.79 Å². The lowest BCUT2D eigenvalue weighted by atomic mass is 10.1. The first-order chi connectivity index (χ1) is 12.7. The number of hydrogen-bond acceptors (Lipinski definition) is 6. The minimum absolute atomic E-state index is 0.320. The molecule has 148 valence electrons. The van der Waals surface area contributed by atoms with Gasteiger partial charge in [0.15, 0.2) is 0 Å². The van der Waals surface area contributed by atoms with Crippen LogP contribution in [0.5, 0.6) is 0 Å². The maximum atomic E-state index is 12.1. The second-order valence-electron chi connectivity index (χ2n) is 8.02. The van der Waals surface area contributed by atoms with E-state index in [1.807, 2.05) is 50.7 Å². The SMILES string of the molecule is CN(CCN(C)c1cnc2nc(C3CCOC3)ccn12)C(=O)OC(C)(C)C. The number of anilines is 1. The van der Waals surface area contributed by atoms with Gasteiger partial charge in [-0.05, 0) is 33.3 Å². The second kappa shape index (κ2) is 7.72. The molecule has 0 aliphatic carbocycles. The summed E-state index contributed by atoms with van der Waals surface area (Å²) in [6.45, 7) is 8.32. The topological polar surface area (TPSA) is 72.2 Å².